The minimum Gasteiger partial charge on any atom is -0.320 e. The molecular weight excluding hydrogens is 453 g/mol. The molecule has 0 atom stereocenters. The quantitative estimate of drug-likeness (QED) is 0.431. The smallest absolute Gasteiger partial charge is 0.320 e. The van der Waals surface area contributed by atoms with Gasteiger partial charge in [-0.2, -0.15) is 18.4 Å². The Labute approximate surface area is 182 Å². The molecule has 0 radical (unpaired) electrons. The molecule has 0 fully saturated rings. The second-order valence-corrected chi connectivity index (χ2v) is 7.82. The summed E-state index contributed by atoms with van der Waals surface area (Å²) in [6.07, 6.45) is -4.42. The maximum absolute atomic E-state index is 12.9. The van der Waals surface area contributed by atoms with Crippen LogP contribution >= 0.6 is 22.9 Å². The Morgan fingerprint density at radius 1 is 1.16 bits per heavy atom. The standard InChI is InChI=1S/C19H12ClF3N6OS/c1-9-15(31-18(24-9)10-2-4-11(5-3-10)19(21,22)23)17(30)25-14-8-12(20)6-7-13(14)16-26-28-29-27-16/h2-8H,1H3,(H,25,30)(H,26,27,28,29). The zero-order valence-corrected chi connectivity index (χ0v) is 17.2. The molecule has 31 heavy (non-hydrogen) atoms. The van der Waals surface area contributed by atoms with Gasteiger partial charge >= 0.3 is 6.18 Å². The van der Waals surface area contributed by atoms with Gasteiger partial charge in [0.15, 0.2) is 0 Å². The molecule has 0 aliphatic carbocycles. The maximum atomic E-state index is 12.9. The first kappa shape index (κ1) is 20.9. The van der Waals surface area contributed by atoms with Gasteiger partial charge in [0.1, 0.15) is 9.88 Å². The number of aromatic nitrogens is 5. The number of alkyl halides is 3. The summed E-state index contributed by atoms with van der Waals surface area (Å²) in [6, 6.07) is 9.45. The molecular formula is C19H12ClF3N6OS. The fourth-order valence-corrected chi connectivity index (χ4v) is 3.94. The number of nitrogens with zero attached hydrogens (tertiary/aromatic N) is 4. The highest BCUT2D eigenvalue weighted by Crippen LogP contribution is 2.34. The summed E-state index contributed by atoms with van der Waals surface area (Å²) in [4.78, 5) is 17.6. The Hall–Kier alpha value is -3.31. The first-order valence-electron chi connectivity index (χ1n) is 8.72. The van der Waals surface area contributed by atoms with Gasteiger partial charge < -0.3 is 5.32 Å². The Balaban J connectivity index is 1.61. The largest absolute Gasteiger partial charge is 0.416 e. The van der Waals surface area contributed by atoms with E-state index in [0.29, 0.717) is 37.4 Å². The Kier molecular flexibility index (Phi) is 5.46. The molecule has 1 amide bonds. The van der Waals surface area contributed by atoms with Crippen molar-refractivity contribution in [3.63, 3.8) is 0 Å². The van der Waals surface area contributed by atoms with Crippen LogP contribution in [-0.4, -0.2) is 31.5 Å². The zero-order valence-electron chi connectivity index (χ0n) is 15.7. The van der Waals surface area contributed by atoms with E-state index in [4.69, 9.17) is 11.6 Å². The van der Waals surface area contributed by atoms with Crippen molar-refractivity contribution < 1.29 is 18.0 Å². The molecule has 4 rings (SSSR count). The number of hydrogen-bond donors (Lipinski definition) is 2. The molecule has 0 spiro atoms. The van der Waals surface area contributed by atoms with Crippen LogP contribution in [0.15, 0.2) is 42.5 Å². The lowest BCUT2D eigenvalue weighted by Crippen LogP contribution is -2.12. The molecule has 7 nitrogen and oxygen atoms in total. The summed E-state index contributed by atoms with van der Waals surface area (Å²) < 4.78 is 38.3. The minimum atomic E-state index is -4.42. The third kappa shape index (κ3) is 4.42. The van der Waals surface area contributed by atoms with Crippen LogP contribution in [0.3, 0.4) is 0 Å². The molecule has 2 N–H and O–H groups in total. The monoisotopic (exact) mass is 464 g/mol. The second-order valence-electron chi connectivity index (χ2n) is 6.39. The second kappa shape index (κ2) is 8.08. The predicted octanol–water partition coefficient (Wildman–Crippen LogP) is 5.22. The minimum absolute atomic E-state index is 0.276. The van der Waals surface area contributed by atoms with Crippen LogP contribution < -0.4 is 5.32 Å². The van der Waals surface area contributed by atoms with E-state index in [9.17, 15) is 18.0 Å². The molecule has 2 aromatic heterocycles. The van der Waals surface area contributed by atoms with Gasteiger partial charge in [0.05, 0.1) is 16.9 Å². The van der Waals surface area contributed by atoms with Gasteiger partial charge in [-0.1, -0.05) is 23.7 Å². The van der Waals surface area contributed by atoms with Crippen LogP contribution in [-0.2, 0) is 6.18 Å². The third-order valence-electron chi connectivity index (χ3n) is 4.28. The molecule has 2 aromatic carbocycles. The van der Waals surface area contributed by atoms with Crippen molar-refractivity contribution in [1.82, 2.24) is 25.6 Å². The molecule has 0 unspecified atom stereocenters. The van der Waals surface area contributed by atoms with E-state index in [1.54, 1.807) is 25.1 Å². The molecule has 0 bridgehead atoms. The number of carbonyl (C=O) groups is 1. The highest BCUT2D eigenvalue weighted by atomic mass is 35.5. The number of anilines is 1. The SMILES string of the molecule is Cc1nc(-c2ccc(C(F)(F)F)cc2)sc1C(=O)Nc1cc(Cl)ccc1-c1nn[nH]n1. The average Bonchev–Trinajstić information content (AvgIpc) is 3.37. The molecule has 0 saturated heterocycles. The first-order chi connectivity index (χ1) is 14.7. The van der Waals surface area contributed by atoms with Crippen LogP contribution in [0.4, 0.5) is 18.9 Å². The fourth-order valence-electron chi connectivity index (χ4n) is 2.80. The maximum Gasteiger partial charge on any atom is 0.416 e. The lowest BCUT2D eigenvalue weighted by molar-refractivity contribution is -0.137. The Morgan fingerprint density at radius 2 is 1.90 bits per heavy atom. The highest BCUT2D eigenvalue weighted by molar-refractivity contribution is 7.17. The number of H-pyrrole nitrogens is 1. The lowest BCUT2D eigenvalue weighted by atomic mass is 10.1. The zero-order chi connectivity index (χ0) is 22.2. The number of thiazole rings is 1. The Bertz CT molecular complexity index is 1240. The van der Waals surface area contributed by atoms with Gasteiger partial charge in [0.25, 0.3) is 5.91 Å². The number of nitrogens with one attached hydrogen (secondary N) is 2. The van der Waals surface area contributed by atoms with E-state index in [1.807, 2.05) is 0 Å². The molecule has 0 aliphatic rings. The average molecular weight is 465 g/mol. The van der Waals surface area contributed by atoms with E-state index < -0.39 is 17.6 Å². The van der Waals surface area contributed by atoms with Crippen LogP contribution in [0.2, 0.25) is 5.02 Å². The van der Waals surface area contributed by atoms with Crippen molar-refractivity contribution in [2.24, 2.45) is 0 Å². The number of aromatic amines is 1. The highest BCUT2D eigenvalue weighted by Gasteiger charge is 2.30. The van der Waals surface area contributed by atoms with E-state index in [1.165, 1.54) is 12.1 Å². The molecule has 2 heterocycles. The summed E-state index contributed by atoms with van der Waals surface area (Å²) in [6.45, 7) is 1.65. The number of hydrogen-bond acceptors (Lipinski definition) is 6. The third-order valence-corrected chi connectivity index (χ3v) is 5.72. The number of amides is 1. The summed E-state index contributed by atoms with van der Waals surface area (Å²) in [5, 5.41) is 17.3. The van der Waals surface area contributed by atoms with E-state index in [2.05, 4.69) is 30.9 Å². The number of halogens is 4. The number of carbonyl (C=O) groups excluding carboxylic acids is 1. The summed E-state index contributed by atoms with van der Waals surface area (Å²) in [5.74, 6) is -0.168. The van der Waals surface area contributed by atoms with Gasteiger partial charge in [0.2, 0.25) is 5.82 Å². The lowest BCUT2D eigenvalue weighted by Gasteiger charge is -2.09. The van der Waals surface area contributed by atoms with Crippen LogP contribution in [0.1, 0.15) is 20.9 Å². The van der Waals surface area contributed by atoms with E-state index in [0.717, 1.165) is 23.5 Å². The van der Waals surface area contributed by atoms with Crippen LogP contribution in [0, 0.1) is 6.92 Å². The normalized spacial score (nSPS) is 11.5. The Morgan fingerprint density at radius 3 is 2.55 bits per heavy atom. The van der Waals surface area contributed by atoms with Gasteiger partial charge in [0, 0.05) is 16.1 Å². The molecule has 0 saturated carbocycles. The number of aryl methyl sites for hydroxylation is 1. The first-order valence-corrected chi connectivity index (χ1v) is 9.91. The fraction of sp³-hybridized carbons (Fsp3) is 0.105. The molecule has 12 heteroatoms. The van der Waals surface area contributed by atoms with Crippen LogP contribution in [0.5, 0.6) is 0 Å². The summed E-state index contributed by atoms with van der Waals surface area (Å²) in [7, 11) is 0. The topological polar surface area (TPSA) is 96.5 Å². The van der Waals surface area contributed by atoms with Gasteiger partial charge in [-0.25, -0.2) is 4.98 Å². The van der Waals surface area contributed by atoms with Crippen molar-refractivity contribution in [2.75, 3.05) is 5.32 Å². The van der Waals surface area contributed by atoms with Gasteiger partial charge in [-0.15, -0.1) is 21.5 Å². The summed E-state index contributed by atoms with van der Waals surface area (Å²) >= 11 is 7.14. The molecule has 4 aromatic rings. The van der Waals surface area contributed by atoms with Crippen molar-refractivity contribution in [2.45, 2.75) is 13.1 Å². The number of tetrazole rings is 1. The van der Waals surface area contributed by atoms with Crippen molar-refractivity contribution in [3.8, 4) is 22.0 Å². The van der Waals surface area contributed by atoms with Crippen molar-refractivity contribution >= 4 is 34.5 Å². The number of benzene rings is 2. The van der Waals surface area contributed by atoms with Crippen molar-refractivity contribution in [1.29, 1.82) is 0 Å². The van der Waals surface area contributed by atoms with Crippen LogP contribution in [0.25, 0.3) is 22.0 Å². The van der Waals surface area contributed by atoms with Gasteiger partial charge in [-0.3, -0.25) is 4.79 Å². The van der Waals surface area contributed by atoms with Gasteiger partial charge in [-0.05, 0) is 42.5 Å². The summed E-state index contributed by atoms with van der Waals surface area (Å²) in [5.41, 5.74) is 1.06. The van der Waals surface area contributed by atoms with E-state index >= 15 is 0 Å². The predicted molar refractivity (Wildman–Crippen MR) is 110 cm³/mol. The number of rotatable bonds is 4. The van der Waals surface area contributed by atoms with E-state index in [-0.39, 0.29) is 5.82 Å². The molecule has 158 valence electrons. The van der Waals surface area contributed by atoms with Crippen molar-refractivity contribution in [3.05, 3.63) is 63.6 Å². The molecule has 0 aliphatic heterocycles.